The Balaban J connectivity index is 1.78. The molecule has 0 aliphatic heterocycles. The van der Waals surface area contributed by atoms with Gasteiger partial charge in [-0.05, 0) is 6.07 Å². The maximum Gasteiger partial charge on any atom is 0.208 e. The summed E-state index contributed by atoms with van der Waals surface area (Å²) < 4.78 is 6.71. The van der Waals surface area contributed by atoms with Gasteiger partial charge in [0, 0.05) is 32.0 Å². The van der Waals surface area contributed by atoms with Crippen molar-refractivity contribution in [3.05, 3.63) is 29.8 Å². The predicted molar refractivity (Wildman–Crippen MR) is 84.8 cm³/mol. The summed E-state index contributed by atoms with van der Waals surface area (Å²) >= 11 is 3.24. The summed E-state index contributed by atoms with van der Waals surface area (Å²) in [7, 11) is 3.92. The molecule has 5 nitrogen and oxygen atoms in total. The van der Waals surface area contributed by atoms with E-state index in [2.05, 4.69) is 10.2 Å². The van der Waals surface area contributed by atoms with Crippen LogP contribution in [-0.2, 0) is 6.54 Å². The molecule has 0 aliphatic rings. The molecule has 0 amide bonds. The van der Waals surface area contributed by atoms with Gasteiger partial charge in [-0.25, -0.2) is 0 Å². The van der Waals surface area contributed by atoms with Crippen molar-refractivity contribution >= 4 is 28.2 Å². The van der Waals surface area contributed by atoms with Gasteiger partial charge in [0.2, 0.25) is 5.13 Å². The standard InChI is InChI=1S/C13H18N4OS2/c1-17(2)12-15-16-13(20-12)19-8-7-18-11-6-4-3-5-10(11)9-14/h3-6H,7-9,14H2,1-2H3. The second kappa shape index (κ2) is 7.47. The van der Waals surface area contributed by atoms with E-state index in [1.54, 1.807) is 23.1 Å². The lowest BCUT2D eigenvalue weighted by Gasteiger charge is -2.09. The molecule has 0 unspecified atom stereocenters. The van der Waals surface area contributed by atoms with Crippen molar-refractivity contribution in [2.75, 3.05) is 31.4 Å². The van der Waals surface area contributed by atoms with Crippen LogP contribution in [-0.4, -0.2) is 36.7 Å². The van der Waals surface area contributed by atoms with Crippen LogP contribution >= 0.6 is 23.1 Å². The Morgan fingerprint density at radius 1 is 1.30 bits per heavy atom. The van der Waals surface area contributed by atoms with Crippen LogP contribution in [0.1, 0.15) is 5.56 Å². The summed E-state index contributed by atoms with van der Waals surface area (Å²) in [5.41, 5.74) is 6.70. The Morgan fingerprint density at radius 2 is 2.10 bits per heavy atom. The number of nitrogens with zero attached hydrogens (tertiary/aromatic N) is 3. The van der Waals surface area contributed by atoms with Crippen LogP contribution < -0.4 is 15.4 Å². The third kappa shape index (κ3) is 4.09. The second-order valence-corrected chi connectivity index (χ2v) is 6.55. The third-order valence-electron chi connectivity index (χ3n) is 2.54. The molecule has 0 atom stereocenters. The smallest absolute Gasteiger partial charge is 0.208 e. The molecule has 1 aromatic carbocycles. The van der Waals surface area contributed by atoms with E-state index >= 15 is 0 Å². The molecule has 0 bridgehead atoms. The molecule has 0 spiro atoms. The van der Waals surface area contributed by atoms with Crippen LogP contribution in [0.4, 0.5) is 5.13 Å². The molecule has 1 heterocycles. The molecule has 2 aromatic rings. The highest BCUT2D eigenvalue weighted by Crippen LogP contribution is 2.26. The summed E-state index contributed by atoms with van der Waals surface area (Å²) in [4.78, 5) is 1.95. The molecule has 1 aromatic heterocycles. The number of benzene rings is 1. The molecule has 0 saturated carbocycles. The molecular formula is C13H18N4OS2. The SMILES string of the molecule is CN(C)c1nnc(SCCOc2ccccc2CN)s1. The number of anilines is 1. The van der Waals surface area contributed by atoms with Crippen LogP contribution in [0.2, 0.25) is 0 Å². The minimum Gasteiger partial charge on any atom is -0.492 e. The van der Waals surface area contributed by atoms with E-state index in [0.717, 1.165) is 26.5 Å². The average Bonchev–Trinajstić information content (AvgIpc) is 2.93. The summed E-state index contributed by atoms with van der Waals surface area (Å²) in [5.74, 6) is 1.70. The fraction of sp³-hybridized carbons (Fsp3) is 0.385. The van der Waals surface area contributed by atoms with Crippen LogP contribution in [0.3, 0.4) is 0 Å². The Hall–Kier alpha value is -1.31. The monoisotopic (exact) mass is 310 g/mol. The fourth-order valence-corrected chi connectivity index (χ4v) is 3.19. The van der Waals surface area contributed by atoms with Gasteiger partial charge in [0.05, 0.1) is 6.61 Å². The molecule has 7 heteroatoms. The Morgan fingerprint density at radius 3 is 2.80 bits per heavy atom. The van der Waals surface area contributed by atoms with Gasteiger partial charge in [0.15, 0.2) is 4.34 Å². The molecule has 0 radical (unpaired) electrons. The maximum absolute atomic E-state index is 5.75. The first-order valence-electron chi connectivity index (χ1n) is 6.25. The Bertz CT molecular complexity index is 545. The molecule has 20 heavy (non-hydrogen) atoms. The van der Waals surface area contributed by atoms with Crippen molar-refractivity contribution in [2.24, 2.45) is 5.73 Å². The Kier molecular flexibility index (Phi) is 5.63. The normalized spacial score (nSPS) is 10.6. The number of nitrogens with two attached hydrogens (primary N) is 1. The summed E-state index contributed by atoms with van der Waals surface area (Å²) in [6.07, 6.45) is 0. The van der Waals surface area contributed by atoms with Crippen LogP contribution in [0.5, 0.6) is 5.75 Å². The van der Waals surface area contributed by atoms with Crippen LogP contribution in [0.15, 0.2) is 28.6 Å². The number of para-hydroxylation sites is 1. The van der Waals surface area contributed by atoms with E-state index in [1.165, 1.54) is 0 Å². The highest BCUT2D eigenvalue weighted by molar-refractivity contribution is 8.01. The van der Waals surface area contributed by atoms with E-state index in [-0.39, 0.29) is 0 Å². The van der Waals surface area contributed by atoms with E-state index < -0.39 is 0 Å². The molecule has 2 rings (SSSR count). The van der Waals surface area contributed by atoms with E-state index in [1.807, 2.05) is 43.3 Å². The van der Waals surface area contributed by atoms with Gasteiger partial charge in [0.25, 0.3) is 0 Å². The number of hydrogen-bond donors (Lipinski definition) is 1. The average molecular weight is 310 g/mol. The topological polar surface area (TPSA) is 64.3 Å². The third-order valence-corrected chi connectivity index (χ3v) is 4.73. The van der Waals surface area contributed by atoms with Gasteiger partial charge in [-0.15, -0.1) is 10.2 Å². The molecule has 0 saturated heterocycles. The summed E-state index contributed by atoms with van der Waals surface area (Å²) in [5, 5.41) is 9.14. The molecule has 0 aliphatic carbocycles. The first-order chi connectivity index (χ1) is 9.70. The zero-order valence-electron chi connectivity index (χ0n) is 11.6. The van der Waals surface area contributed by atoms with Crippen molar-refractivity contribution in [1.82, 2.24) is 10.2 Å². The maximum atomic E-state index is 5.75. The predicted octanol–water partition coefficient (Wildman–Crippen LogP) is 2.23. The second-order valence-electron chi connectivity index (χ2n) is 4.25. The minimum atomic E-state index is 0.492. The van der Waals surface area contributed by atoms with E-state index in [9.17, 15) is 0 Å². The van der Waals surface area contributed by atoms with Gasteiger partial charge in [-0.1, -0.05) is 41.3 Å². The lowest BCUT2D eigenvalue weighted by molar-refractivity contribution is 0.340. The molecule has 2 N–H and O–H groups in total. The molecule has 0 fully saturated rings. The lowest BCUT2D eigenvalue weighted by Crippen LogP contribution is -2.07. The number of aromatic nitrogens is 2. The number of ether oxygens (including phenoxy) is 1. The minimum absolute atomic E-state index is 0.492. The van der Waals surface area contributed by atoms with Crippen molar-refractivity contribution < 1.29 is 4.74 Å². The highest BCUT2D eigenvalue weighted by Gasteiger charge is 2.06. The van der Waals surface area contributed by atoms with E-state index in [0.29, 0.717) is 13.2 Å². The number of rotatable bonds is 7. The molecule has 108 valence electrons. The van der Waals surface area contributed by atoms with Gasteiger partial charge < -0.3 is 15.4 Å². The number of hydrogen-bond acceptors (Lipinski definition) is 7. The van der Waals surface area contributed by atoms with Crippen molar-refractivity contribution in [3.63, 3.8) is 0 Å². The molecular weight excluding hydrogens is 292 g/mol. The van der Waals surface area contributed by atoms with Crippen molar-refractivity contribution in [3.8, 4) is 5.75 Å². The lowest BCUT2D eigenvalue weighted by atomic mass is 10.2. The zero-order valence-corrected chi connectivity index (χ0v) is 13.2. The quantitative estimate of drug-likeness (QED) is 0.625. The van der Waals surface area contributed by atoms with Gasteiger partial charge in [0.1, 0.15) is 5.75 Å². The Labute approximate surface area is 127 Å². The highest BCUT2D eigenvalue weighted by atomic mass is 32.2. The van der Waals surface area contributed by atoms with Crippen molar-refractivity contribution in [1.29, 1.82) is 0 Å². The van der Waals surface area contributed by atoms with Crippen LogP contribution in [0.25, 0.3) is 0 Å². The number of thioether (sulfide) groups is 1. The largest absolute Gasteiger partial charge is 0.492 e. The fourth-order valence-electron chi connectivity index (χ4n) is 1.54. The van der Waals surface area contributed by atoms with Crippen molar-refractivity contribution in [2.45, 2.75) is 10.9 Å². The summed E-state index contributed by atoms with van der Waals surface area (Å²) in [6.45, 7) is 1.12. The van der Waals surface area contributed by atoms with E-state index in [4.69, 9.17) is 10.5 Å². The zero-order chi connectivity index (χ0) is 14.4. The first-order valence-corrected chi connectivity index (χ1v) is 8.05. The van der Waals surface area contributed by atoms with Gasteiger partial charge in [-0.2, -0.15) is 0 Å². The van der Waals surface area contributed by atoms with Crippen LogP contribution in [0, 0.1) is 0 Å². The van der Waals surface area contributed by atoms with Gasteiger partial charge >= 0.3 is 0 Å². The summed E-state index contributed by atoms with van der Waals surface area (Å²) in [6, 6.07) is 7.85. The van der Waals surface area contributed by atoms with Gasteiger partial charge in [-0.3, -0.25) is 0 Å². The first kappa shape index (κ1) is 15.1.